The molecule has 0 aliphatic heterocycles. The number of nitrogens with zero attached hydrogens (tertiary/aromatic N) is 3. The fraction of sp³-hybridized carbons (Fsp3) is 0.364. The van der Waals surface area contributed by atoms with Crippen molar-refractivity contribution in [2.75, 3.05) is 24.6 Å². The molecule has 9 heteroatoms. The smallest absolute Gasteiger partial charge is 0.258 e. The van der Waals surface area contributed by atoms with Crippen LogP contribution in [0.3, 0.4) is 0 Å². The Morgan fingerprint density at radius 1 is 0.905 bits per heavy atom. The van der Waals surface area contributed by atoms with E-state index < -0.39 is 0 Å². The third kappa shape index (κ3) is 8.97. The molecule has 2 aromatic heterocycles. The van der Waals surface area contributed by atoms with E-state index in [4.69, 9.17) is 4.74 Å². The van der Waals surface area contributed by atoms with Crippen LogP contribution in [0.5, 0.6) is 5.75 Å². The predicted molar refractivity (Wildman–Crippen MR) is 175 cm³/mol. The van der Waals surface area contributed by atoms with E-state index in [1.54, 1.807) is 17.0 Å². The van der Waals surface area contributed by atoms with Gasteiger partial charge in [-0.3, -0.25) is 14.6 Å². The van der Waals surface area contributed by atoms with Crippen molar-refractivity contribution < 1.29 is 9.53 Å². The molecule has 1 aliphatic carbocycles. The molecule has 0 bridgehead atoms. The standard InChI is InChI=1S/C33H38N4O3.2ClH/c38-32(35-28-9-2-1-3-10-28)27-12-14-30(15-13-27)40-25-7-23-36(29-16-19-34-20-17-29)21-6-22-37-24-18-26-8-4-5-11-31(26)33(37)39;;/h4-5,8,11-20,24,28H,1-3,6-7,9-10,21-23,25H2,(H,35,38);2*1H. The van der Waals surface area contributed by atoms with Gasteiger partial charge >= 0.3 is 0 Å². The van der Waals surface area contributed by atoms with Crippen molar-refractivity contribution in [3.05, 3.63) is 101 Å². The highest BCUT2D eigenvalue weighted by molar-refractivity contribution is 5.94. The van der Waals surface area contributed by atoms with E-state index in [1.807, 2.05) is 72.9 Å². The van der Waals surface area contributed by atoms with Gasteiger partial charge in [0.2, 0.25) is 0 Å². The number of aromatic nitrogens is 2. The Hall–Kier alpha value is -3.55. The second-order valence-electron chi connectivity index (χ2n) is 10.5. The fourth-order valence-electron chi connectivity index (χ4n) is 5.43. The molecule has 2 heterocycles. The Kier molecular flexibility index (Phi) is 13.2. The number of ether oxygens (including phenoxy) is 1. The number of aryl methyl sites for hydroxylation is 1. The van der Waals surface area contributed by atoms with Gasteiger partial charge < -0.3 is 19.5 Å². The molecule has 224 valence electrons. The molecule has 0 unspecified atom stereocenters. The minimum absolute atomic E-state index is 0. The van der Waals surface area contributed by atoms with Crippen molar-refractivity contribution in [2.24, 2.45) is 0 Å². The van der Waals surface area contributed by atoms with Gasteiger partial charge in [0, 0.05) is 60.9 Å². The van der Waals surface area contributed by atoms with Crippen molar-refractivity contribution in [1.82, 2.24) is 14.9 Å². The molecule has 0 saturated heterocycles. The number of carbonyl (C=O) groups is 1. The van der Waals surface area contributed by atoms with Crippen molar-refractivity contribution in [3.8, 4) is 5.75 Å². The summed E-state index contributed by atoms with van der Waals surface area (Å²) in [6, 6.07) is 21.5. The molecule has 5 rings (SSSR count). The molecule has 0 spiro atoms. The first-order valence-electron chi connectivity index (χ1n) is 14.4. The Morgan fingerprint density at radius 3 is 2.38 bits per heavy atom. The van der Waals surface area contributed by atoms with Gasteiger partial charge in [0.15, 0.2) is 0 Å². The Balaban J connectivity index is 0.00000242. The van der Waals surface area contributed by atoms with Crippen LogP contribution in [-0.4, -0.2) is 41.2 Å². The summed E-state index contributed by atoms with van der Waals surface area (Å²) in [6.07, 6.45) is 13.0. The number of pyridine rings is 2. The van der Waals surface area contributed by atoms with E-state index in [2.05, 4.69) is 15.2 Å². The Labute approximate surface area is 260 Å². The van der Waals surface area contributed by atoms with E-state index in [1.165, 1.54) is 19.3 Å². The van der Waals surface area contributed by atoms with Crippen LogP contribution in [0.15, 0.2) is 90.1 Å². The number of hydrogen-bond acceptors (Lipinski definition) is 5. The molecule has 1 aliphatic rings. The zero-order chi connectivity index (χ0) is 27.6. The number of hydrogen-bond donors (Lipinski definition) is 1. The number of rotatable bonds is 12. The number of nitrogens with one attached hydrogen (secondary N) is 1. The van der Waals surface area contributed by atoms with E-state index in [0.717, 1.165) is 61.0 Å². The molecule has 1 saturated carbocycles. The van der Waals surface area contributed by atoms with Crippen LogP contribution in [0.4, 0.5) is 5.69 Å². The summed E-state index contributed by atoms with van der Waals surface area (Å²) in [5.74, 6) is 0.762. The third-order valence-electron chi connectivity index (χ3n) is 7.64. The van der Waals surface area contributed by atoms with Gasteiger partial charge in [-0.15, -0.1) is 24.8 Å². The predicted octanol–water partition coefficient (Wildman–Crippen LogP) is 6.67. The van der Waals surface area contributed by atoms with Crippen molar-refractivity contribution in [3.63, 3.8) is 0 Å². The molecular weight excluding hydrogens is 571 g/mol. The molecule has 1 amide bonds. The fourth-order valence-corrected chi connectivity index (χ4v) is 5.43. The summed E-state index contributed by atoms with van der Waals surface area (Å²) >= 11 is 0. The summed E-state index contributed by atoms with van der Waals surface area (Å²) in [5.41, 5.74) is 1.83. The van der Waals surface area contributed by atoms with Crippen LogP contribution < -0.4 is 20.5 Å². The van der Waals surface area contributed by atoms with Crippen LogP contribution in [0.25, 0.3) is 10.8 Å². The lowest BCUT2D eigenvalue weighted by Gasteiger charge is -2.25. The lowest BCUT2D eigenvalue weighted by atomic mass is 9.95. The minimum atomic E-state index is -0.00241. The van der Waals surface area contributed by atoms with E-state index in [0.29, 0.717) is 24.8 Å². The first-order chi connectivity index (χ1) is 19.7. The van der Waals surface area contributed by atoms with Gasteiger partial charge in [-0.1, -0.05) is 37.5 Å². The number of fused-ring (bicyclic) bond motifs is 1. The van der Waals surface area contributed by atoms with E-state index in [-0.39, 0.29) is 36.3 Å². The lowest BCUT2D eigenvalue weighted by molar-refractivity contribution is 0.0927. The van der Waals surface area contributed by atoms with E-state index >= 15 is 0 Å². The highest BCUT2D eigenvalue weighted by atomic mass is 35.5. The first-order valence-corrected chi connectivity index (χ1v) is 14.4. The zero-order valence-electron chi connectivity index (χ0n) is 23.8. The monoisotopic (exact) mass is 610 g/mol. The number of carbonyl (C=O) groups excluding carboxylic acids is 1. The molecule has 0 radical (unpaired) electrons. The maximum absolute atomic E-state index is 12.9. The first kappa shape index (κ1) is 33.0. The zero-order valence-corrected chi connectivity index (χ0v) is 25.5. The van der Waals surface area contributed by atoms with Gasteiger partial charge in [0.25, 0.3) is 11.5 Å². The quantitative estimate of drug-likeness (QED) is 0.181. The second-order valence-corrected chi connectivity index (χ2v) is 10.5. The normalized spacial score (nSPS) is 13.0. The lowest BCUT2D eigenvalue weighted by Crippen LogP contribution is -2.36. The molecule has 4 aromatic rings. The molecule has 1 N–H and O–H groups in total. The average molecular weight is 612 g/mol. The summed E-state index contributed by atoms with van der Waals surface area (Å²) < 4.78 is 7.79. The Morgan fingerprint density at radius 2 is 1.62 bits per heavy atom. The summed E-state index contributed by atoms with van der Waals surface area (Å²) in [7, 11) is 0. The molecule has 1 fully saturated rings. The van der Waals surface area contributed by atoms with Gasteiger partial charge in [0.1, 0.15) is 5.75 Å². The second kappa shape index (κ2) is 16.8. The number of halogens is 2. The number of amides is 1. The summed E-state index contributed by atoms with van der Waals surface area (Å²) in [6.45, 7) is 2.86. The van der Waals surface area contributed by atoms with E-state index in [9.17, 15) is 9.59 Å². The molecule has 0 atom stereocenters. The number of benzene rings is 2. The molecule has 42 heavy (non-hydrogen) atoms. The van der Waals surface area contributed by atoms with Crippen LogP contribution in [0.2, 0.25) is 0 Å². The van der Waals surface area contributed by atoms with Gasteiger partial charge in [-0.05, 0) is 79.6 Å². The highest BCUT2D eigenvalue weighted by Gasteiger charge is 2.16. The van der Waals surface area contributed by atoms with Crippen molar-refractivity contribution >= 4 is 47.2 Å². The molecule has 2 aromatic carbocycles. The van der Waals surface area contributed by atoms with Gasteiger partial charge in [0.05, 0.1) is 6.61 Å². The highest BCUT2D eigenvalue weighted by Crippen LogP contribution is 2.19. The topological polar surface area (TPSA) is 76.5 Å². The maximum atomic E-state index is 12.9. The summed E-state index contributed by atoms with van der Waals surface area (Å²) in [4.78, 5) is 31.9. The van der Waals surface area contributed by atoms with Gasteiger partial charge in [-0.2, -0.15) is 0 Å². The van der Waals surface area contributed by atoms with Crippen molar-refractivity contribution in [1.29, 1.82) is 0 Å². The maximum Gasteiger partial charge on any atom is 0.258 e. The van der Waals surface area contributed by atoms with Crippen LogP contribution in [-0.2, 0) is 6.54 Å². The van der Waals surface area contributed by atoms with Crippen LogP contribution in [0, 0.1) is 0 Å². The summed E-state index contributed by atoms with van der Waals surface area (Å²) in [5, 5.41) is 4.89. The molecule has 7 nitrogen and oxygen atoms in total. The van der Waals surface area contributed by atoms with Crippen LogP contribution >= 0.6 is 24.8 Å². The van der Waals surface area contributed by atoms with Gasteiger partial charge in [-0.25, -0.2) is 0 Å². The van der Waals surface area contributed by atoms with Crippen molar-refractivity contribution in [2.45, 2.75) is 57.5 Å². The molecular formula is C33H40Cl2N4O3. The number of anilines is 1. The Bertz CT molecular complexity index is 1440. The minimum Gasteiger partial charge on any atom is -0.494 e. The SMILES string of the molecule is Cl.Cl.O=C(NC1CCCCC1)c1ccc(OCCCN(CCCn2ccc3ccccc3c2=O)c2ccncc2)cc1. The average Bonchev–Trinajstić information content (AvgIpc) is 3.01. The largest absolute Gasteiger partial charge is 0.494 e. The van der Waals surface area contributed by atoms with Crippen LogP contribution in [0.1, 0.15) is 55.3 Å². The third-order valence-corrected chi connectivity index (χ3v) is 7.64.